The lowest BCUT2D eigenvalue weighted by Gasteiger charge is -2.13. The maximum absolute atomic E-state index is 14.8. The third kappa shape index (κ3) is 3.57. The first kappa shape index (κ1) is 20.1. The van der Waals surface area contributed by atoms with Gasteiger partial charge in [-0.15, -0.1) is 0 Å². The molecule has 32 heavy (non-hydrogen) atoms. The number of nitrogens with one attached hydrogen (secondary N) is 3. The van der Waals surface area contributed by atoms with Gasteiger partial charge in [0.2, 0.25) is 15.9 Å². The van der Waals surface area contributed by atoms with Crippen LogP contribution < -0.4 is 14.8 Å². The molecule has 0 radical (unpaired) electrons. The van der Waals surface area contributed by atoms with Gasteiger partial charge in [-0.3, -0.25) is 5.10 Å². The monoisotopic (exact) mass is 475 g/mol. The van der Waals surface area contributed by atoms with Gasteiger partial charge >= 0.3 is 0 Å². The van der Waals surface area contributed by atoms with Crippen LogP contribution in [0.25, 0.3) is 0 Å². The fourth-order valence-electron chi connectivity index (χ4n) is 4.59. The molecule has 0 saturated heterocycles. The van der Waals surface area contributed by atoms with E-state index in [0.29, 0.717) is 11.7 Å². The SMILES string of the molecule is O=S1(=O)NCc2c1ccc(Nc1cc([C@H]3CC[C@@H](Oc4nscc4C4CC4)C3)[nH]n1)c2F. The van der Waals surface area contributed by atoms with Gasteiger partial charge in [0.15, 0.2) is 11.6 Å². The summed E-state index contributed by atoms with van der Waals surface area (Å²) < 4.78 is 51.6. The van der Waals surface area contributed by atoms with Crippen molar-refractivity contribution >= 4 is 33.1 Å². The molecule has 2 fully saturated rings. The summed E-state index contributed by atoms with van der Waals surface area (Å²) in [5.41, 5.74) is 2.58. The summed E-state index contributed by atoms with van der Waals surface area (Å²) in [5, 5.41) is 12.4. The van der Waals surface area contributed by atoms with E-state index in [2.05, 4.69) is 30.0 Å². The number of sulfonamides is 1. The van der Waals surface area contributed by atoms with Crippen LogP contribution in [0.4, 0.5) is 15.9 Å². The molecule has 3 N–H and O–H groups in total. The summed E-state index contributed by atoms with van der Waals surface area (Å²) in [4.78, 5) is -0.00906. The van der Waals surface area contributed by atoms with Crippen LogP contribution in [-0.2, 0) is 16.6 Å². The highest BCUT2D eigenvalue weighted by Gasteiger charge is 2.33. The molecular formula is C21H22FN5O3S2. The van der Waals surface area contributed by atoms with Crippen LogP contribution in [0.2, 0.25) is 0 Å². The zero-order chi connectivity index (χ0) is 21.9. The predicted molar refractivity (Wildman–Crippen MR) is 117 cm³/mol. The predicted octanol–water partition coefficient (Wildman–Crippen LogP) is 4.13. The number of hydrogen-bond donors (Lipinski definition) is 3. The van der Waals surface area contributed by atoms with Crippen molar-refractivity contribution in [1.82, 2.24) is 19.3 Å². The van der Waals surface area contributed by atoms with E-state index in [0.717, 1.165) is 30.8 Å². The summed E-state index contributed by atoms with van der Waals surface area (Å²) in [6.07, 6.45) is 5.38. The molecule has 8 nitrogen and oxygen atoms in total. The number of halogens is 1. The first-order valence-electron chi connectivity index (χ1n) is 10.7. The Balaban J connectivity index is 1.13. The highest BCUT2D eigenvalue weighted by molar-refractivity contribution is 7.89. The number of H-pyrrole nitrogens is 1. The Bertz CT molecular complexity index is 1280. The number of nitrogens with zero attached hydrogens (tertiary/aromatic N) is 2. The summed E-state index contributed by atoms with van der Waals surface area (Å²) in [6, 6.07) is 4.72. The normalized spacial score (nSPS) is 23.9. The summed E-state index contributed by atoms with van der Waals surface area (Å²) >= 11 is 1.46. The van der Waals surface area contributed by atoms with Crippen LogP contribution in [0.3, 0.4) is 0 Å². The first-order valence-corrected chi connectivity index (χ1v) is 13.0. The molecule has 168 valence electrons. The van der Waals surface area contributed by atoms with Crippen molar-refractivity contribution in [1.29, 1.82) is 0 Å². The van der Waals surface area contributed by atoms with Gasteiger partial charge in [-0.2, -0.15) is 9.47 Å². The highest BCUT2D eigenvalue weighted by atomic mass is 32.2. The molecule has 2 aromatic heterocycles. The van der Waals surface area contributed by atoms with Crippen molar-refractivity contribution in [3.8, 4) is 5.88 Å². The number of hydrogen-bond acceptors (Lipinski definition) is 7. The van der Waals surface area contributed by atoms with Gasteiger partial charge < -0.3 is 10.1 Å². The Morgan fingerprint density at radius 1 is 1.19 bits per heavy atom. The van der Waals surface area contributed by atoms with E-state index in [-0.39, 0.29) is 34.7 Å². The maximum atomic E-state index is 14.8. The molecule has 2 atom stereocenters. The molecular weight excluding hydrogens is 453 g/mol. The fourth-order valence-corrected chi connectivity index (χ4v) is 6.51. The van der Waals surface area contributed by atoms with Crippen molar-refractivity contribution < 1.29 is 17.5 Å². The minimum absolute atomic E-state index is 0.00906. The van der Waals surface area contributed by atoms with Gasteiger partial charge in [0.05, 0.1) is 10.6 Å². The number of rotatable bonds is 6. The summed E-state index contributed by atoms with van der Waals surface area (Å²) in [6.45, 7) is -0.0459. The topological polar surface area (TPSA) is 109 Å². The molecule has 0 unspecified atom stereocenters. The smallest absolute Gasteiger partial charge is 0.241 e. The minimum atomic E-state index is -3.61. The molecule has 3 aliphatic rings. The van der Waals surface area contributed by atoms with Crippen LogP contribution in [0.15, 0.2) is 28.5 Å². The molecule has 1 aliphatic heterocycles. The number of benzene rings is 1. The molecule has 2 aliphatic carbocycles. The van der Waals surface area contributed by atoms with E-state index in [1.54, 1.807) is 0 Å². The molecule has 11 heteroatoms. The Morgan fingerprint density at radius 3 is 2.88 bits per heavy atom. The van der Waals surface area contributed by atoms with Crippen LogP contribution in [0.5, 0.6) is 5.88 Å². The zero-order valence-corrected chi connectivity index (χ0v) is 18.7. The van der Waals surface area contributed by atoms with Crippen LogP contribution in [0, 0.1) is 5.82 Å². The lowest BCUT2D eigenvalue weighted by atomic mass is 10.0. The van der Waals surface area contributed by atoms with Gasteiger partial charge in [0, 0.05) is 40.7 Å². The number of aromatic nitrogens is 3. The number of ether oxygens (including phenoxy) is 1. The quantitative estimate of drug-likeness (QED) is 0.495. The fraction of sp³-hybridized carbons (Fsp3) is 0.429. The zero-order valence-electron chi connectivity index (χ0n) is 17.1. The Kier molecular flexibility index (Phi) is 4.74. The number of fused-ring (bicyclic) bond motifs is 1. The van der Waals surface area contributed by atoms with E-state index >= 15 is 0 Å². The average Bonchev–Trinajstić information content (AvgIpc) is 3.14. The van der Waals surface area contributed by atoms with Crippen LogP contribution >= 0.6 is 11.5 Å². The Morgan fingerprint density at radius 2 is 2.03 bits per heavy atom. The number of anilines is 2. The van der Waals surface area contributed by atoms with Crippen molar-refractivity contribution in [2.24, 2.45) is 0 Å². The average molecular weight is 476 g/mol. The van der Waals surface area contributed by atoms with E-state index in [1.807, 2.05) is 6.07 Å². The summed E-state index contributed by atoms with van der Waals surface area (Å²) in [7, 11) is -3.61. The van der Waals surface area contributed by atoms with Crippen LogP contribution in [0.1, 0.15) is 60.8 Å². The Hall–Kier alpha value is -2.50. The minimum Gasteiger partial charge on any atom is -0.474 e. The molecule has 6 rings (SSSR count). The molecule has 0 spiro atoms. The Labute approximate surface area is 188 Å². The van der Waals surface area contributed by atoms with E-state index < -0.39 is 15.8 Å². The van der Waals surface area contributed by atoms with E-state index in [4.69, 9.17) is 4.74 Å². The van der Waals surface area contributed by atoms with Gasteiger partial charge in [-0.1, -0.05) is 0 Å². The lowest BCUT2D eigenvalue weighted by Crippen LogP contribution is -2.13. The molecule has 3 heterocycles. The molecule has 1 aromatic carbocycles. The first-order chi connectivity index (χ1) is 15.5. The molecule has 3 aromatic rings. The van der Waals surface area contributed by atoms with Crippen molar-refractivity contribution in [2.45, 2.75) is 61.5 Å². The van der Waals surface area contributed by atoms with Gasteiger partial charge in [0.25, 0.3) is 0 Å². The third-order valence-electron chi connectivity index (χ3n) is 6.47. The summed E-state index contributed by atoms with van der Waals surface area (Å²) in [5.74, 6) is 1.62. The largest absolute Gasteiger partial charge is 0.474 e. The second-order valence-corrected chi connectivity index (χ2v) is 11.0. The van der Waals surface area contributed by atoms with Gasteiger partial charge in [-0.25, -0.2) is 17.5 Å². The third-order valence-corrected chi connectivity index (χ3v) is 8.59. The van der Waals surface area contributed by atoms with Crippen molar-refractivity contribution in [3.05, 3.63) is 46.2 Å². The molecule has 2 saturated carbocycles. The van der Waals surface area contributed by atoms with Crippen molar-refractivity contribution in [2.75, 3.05) is 5.32 Å². The van der Waals surface area contributed by atoms with E-state index in [9.17, 15) is 12.8 Å². The van der Waals surface area contributed by atoms with Crippen LogP contribution in [-0.4, -0.2) is 29.1 Å². The molecule has 0 amide bonds. The molecule has 0 bridgehead atoms. The lowest BCUT2D eigenvalue weighted by molar-refractivity contribution is 0.199. The van der Waals surface area contributed by atoms with Gasteiger partial charge in [-0.05, 0) is 61.7 Å². The number of aromatic amines is 1. The second kappa shape index (κ2) is 7.53. The second-order valence-electron chi connectivity index (χ2n) is 8.66. The maximum Gasteiger partial charge on any atom is 0.241 e. The standard InChI is InChI=1S/C21H22FN5O3S2/c22-20-14-9-23-32(28,29)18(14)6-5-16(20)24-19-8-17(25-26-19)12-3-4-13(7-12)30-21-15(10-31-27-21)11-1-2-11/h5-6,8,10-13,23H,1-4,7,9H2,(H2,24,25,26)/t12-,13+/m0/s1. The van der Waals surface area contributed by atoms with Gasteiger partial charge in [0.1, 0.15) is 6.10 Å². The van der Waals surface area contributed by atoms with Crippen molar-refractivity contribution in [3.63, 3.8) is 0 Å². The van der Waals surface area contributed by atoms with E-state index in [1.165, 1.54) is 42.1 Å². The highest BCUT2D eigenvalue weighted by Crippen LogP contribution is 2.46.